The molecule has 0 saturated carbocycles. The Labute approximate surface area is 199 Å². The van der Waals surface area contributed by atoms with Crippen molar-refractivity contribution in [1.29, 1.82) is 0 Å². The van der Waals surface area contributed by atoms with Gasteiger partial charge < -0.3 is 30.3 Å². The predicted octanol–water partition coefficient (Wildman–Crippen LogP) is -0.480. The minimum Gasteiger partial charge on any atom is -0.493 e. The van der Waals surface area contributed by atoms with E-state index < -0.39 is 61.0 Å². The smallest absolute Gasteiger partial charge is 0.289 e. The van der Waals surface area contributed by atoms with E-state index in [1.165, 1.54) is 14.2 Å². The van der Waals surface area contributed by atoms with Crippen molar-refractivity contribution >= 4 is 29.4 Å². The minimum atomic E-state index is -3.37. The second-order valence-corrected chi connectivity index (χ2v) is 8.21. The van der Waals surface area contributed by atoms with E-state index in [4.69, 9.17) is 9.47 Å². The summed E-state index contributed by atoms with van der Waals surface area (Å²) in [7, 11) is 2.89. The van der Waals surface area contributed by atoms with Crippen LogP contribution in [0.1, 0.15) is 24.8 Å². The first-order valence-electron chi connectivity index (χ1n) is 10.8. The predicted molar refractivity (Wildman–Crippen MR) is 116 cm³/mol. The third-order valence-corrected chi connectivity index (χ3v) is 5.74. The van der Waals surface area contributed by atoms with Crippen LogP contribution in [0.25, 0.3) is 0 Å². The summed E-state index contributed by atoms with van der Waals surface area (Å²) in [4.78, 5) is 61.5. The molecule has 0 aliphatic carbocycles. The van der Waals surface area contributed by atoms with Crippen LogP contribution in [-0.2, 0) is 30.5 Å². The Balaban J connectivity index is 1.59. The number of carbonyl (C=O) groups excluding carboxylic acids is 5. The van der Waals surface area contributed by atoms with E-state index in [2.05, 4.69) is 16.0 Å². The molecule has 13 heteroatoms. The zero-order chi connectivity index (χ0) is 25.8. The van der Waals surface area contributed by atoms with Gasteiger partial charge in [-0.15, -0.1) is 0 Å². The van der Waals surface area contributed by atoms with Gasteiger partial charge in [-0.1, -0.05) is 6.07 Å². The number of ether oxygens (including phenoxy) is 2. The highest BCUT2D eigenvalue weighted by atomic mass is 19.3. The number of nitrogens with one attached hydrogen (secondary N) is 3. The molecule has 35 heavy (non-hydrogen) atoms. The maximum atomic E-state index is 14.1. The van der Waals surface area contributed by atoms with Gasteiger partial charge in [0.25, 0.3) is 11.8 Å². The molecule has 0 spiro atoms. The molecule has 2 aliphatic rings. The van der Waals surface area contributed by atoms with Gasteiger partial charge in [0.05, 0.1) is 27.3 Å². The number of likely N-dealkylation sites (tertiary alicyclic amines) is 1. The lowest BCUT2D eigenvalue weighted by Gasteiger charge is -2.23. The van der Waals surface area contributed by atoms with Crippen molar-refractivity contribution in [3.8, 4) is 11.5 Å². The number of benzene rings is 1. The first-order valence-corrected chi connectivity index (χ1v) is 10.8. The van der Waals surface area contributed by atoms with Gasteiger partial charge in [0.15, 0.2) is 11.5 Å². The molecule has 4 amide bonds. The van der Waals surface area contributed by atoms with Crippen LogP contribution in [0.5, 0.6) is 11.5 Å². The average molecular weight is 496 g/mol. The largest absolute Gasteiger partial charge is 0.493 e. The van der Waals surface area contributed by atoms with Gasteiger partial charge in [-0.25, -0.2) is 8.78 Å². The summed E-state index contributed by atoms with van der Waals surface area (Å²) in [6.07, 6.45) is -0.588. The number of amides is 4. The fraction of sp³-hybridized carbons (Fsp3) is 0.500. The van der Waals surface area contributed by atoms with Crippen molar-refractivity contribution in [3.05, 3.63) is 23.8 Å². The molecule has 190 valence electrons. The quantitative estimate of drug-likeness (QED) is 0.392. The SMILES string of the molecule is COc1ccc(CNC(=O)C(=O)C2CC(F)(F)CN2C(=O)CNC(=O)C2CCC(=O)N2)cc1OC. The second kappa shape index (κ2) is 10.7. The Kier molecular flexibility index (Phi) is 7.87. The summed E-state index contributed by atoms with van der Waals surface area (Å²) >= 11 is 0. The highest BCUT2D eigenvalue weighted by Gasteiger charge is 2.51. The van der Waals surface area contributed by atoms with Crippen LogP contribution < -0.4 is 25.4 Å². The molecule has 2 heterocycles. The molecule has 2 unspecified atom stereocenters. The highest BCUT2D eigenvalue weighted by Crippen LogP contribution is 2.32. The zero-order valence-corrected chi connectivity index (χ0v) is 19.2. The molecule has 2 aliphatic heterocycles. The molecule has 2 saturated heterocycles. The van der Waals surface area contributed by atoms with E-state index in [0.717, 1.165) is 0 Å². The fourth-order valence-corrected chi connectivity index (χ4v) is 3.92. The van der Waals surface area contributed by atoms with E-state index >= 15 is 0 Å². The highest BCUT2D eigenvalue weighted by molar-refractivity contribution is 6.38. The summed E-state index contributed by atoms with van der Waals surface area (Å²) in [5.74, 6) is -6.70. The van der Waals surface area contributed by atoms with Crippen molar-refractivity contribution in [2.45, 2.75) is 43.8 Å². The summed E-state index contributed by atoms with van der Waals surface area (Å²) in [5, 5.41) is 7.07. The minimum absolute atomic E-state index is 0.0921. The van der Waals surface area contributed by atoms with Crippen molar-refractivity contribution in [2.24, 2.45) is 0 Å². The Morgan fingerprint density at radius 3 is 2.49 bits per heavy atom. The molecule has 0 aromatic heterocycles. The van der Waals surface area contributed by atoms with E-state index in [9.17, 15) is 32.8 Å². The lowest BCUT2D eigenvalue weighted by Crippen LogP contribution is -2.51. The number of nitrogens with zero attached hydrogens (tertiary/aromatic N) is 1. The molecule has 3 rings (SSSR count). The molecule has 2 fully saturated rings. The first kappa shape index (κ1) is 25.8. The average Bonchev–Trinajstić information content (AvgIpc) is 3.42. The summed E-state index contributed by atoms with van der Waals surface area (Å²) in [6, 6.07) is 2.33. The first-order chi connectivity index (χ1) is 16.5. The number of alkyl halides is 2. The Hall–Kier alpha value is -3.77. The van der Waals surface area contributed by atoms with Crippen molar-refractivity contribution in [2.75, 3.05) is 27.3 Å². The molecule has 3 N–H and O–H groups in total. The maximum Gasteiger partial charge on any atom is 0.289 e. The number of methoxy groups -OCH3 is 2. The molecule has 0 bridgehead atoms. The number of rotatable bonds is 9. The van der Waals surface area contributed by atoms with Gasteiger partial charge in [0.2, 0.25) is 23.5 Å². The number of hydrogen-bond donors (Lipinski definition) is 3. The zero-order valence-electron chi connectivity index (χ0n) is 19.2. The van der Waals surface area contributed by atoms with Crippen molar-refractivity contribution < 1.29 is 42.2 Å². The van der Waals surface area contributed by atoms with Crippen LogP contribution in [0.3, 0.4) is 0 Å². The normalized spacial score (nSPS) is 20.7. The van der Waals surface area contributed by atoms with Gasteiger partial charge in [-0.3, -0.25) is 24.0 Å². The van der Waals surface area contributed by atoms with Crippen LogP contribution in [0.2, 0.25) is 0 Å². The van der Waals surface area contributed by atoms with Crippen LogP contribution in [0.4, 0.5) is 8.78 Å². The Bertz CT molecular complexity index is 1030. The third-order valence-electron chi connectivity index (χ3n) is 5.74. The van der Waals surface area contributed by atoms with Crippen LogP contribution >= 0.6 is 0 Å². The molecule has 1 aromatic rings. The van der Waals surface area contributed by atoms with E-state index in [-0.39, 0.29) is 25.3 Å². The van der Waals surface area contributed by atoms with Crippen molar-refractivity contribution in [1.82, 2.24) is 20.9 Å². The molecular weight excluding hydrogens is 470 g/mol. The standard InChI is InChI=1S/C22H26F2N4O7/c1-34-15-5-3-12(7-16(15)35-2)9-25-21(33)19(31)14-8-22(23,24)11-28(14)18(30)10-26-20(32)13-4-6-17(29)27-13/h3,5,7,13-14H,4,6,8-11H2,1-2H3,(H,25,33)(H,26,32)(H,27,29). The molecule has 0 radical (unpaired) electrons. The second-order valence-electron chi connectivity index (χ2n) is 8.21. The number of halogens is 2. The topological polar surface area (TPSA) is 143 Å². The Morgan fingerprint density at radius 2 is 1.86 bits per heavy atom. The fourth-order valence-electron chi connectivity index (χ4n) is 3.92. The summed E-state index contributed by atoms with van der Waals surface area (Å²) < 4.78 is 38.5. The lowest BCUT2D eigenvalue weighted by atomic mass is 10.1. The number of carbonyl (C=O) groups is 5. The monoisotopic (exact) mass is 496 g/mol. The van der Waals surface area contributed by atoms with Gasteiger partial charge in [-0.05, 0) is 24.1 Å². The summed E-state index contributed by atoms with van der Waals surface area (Å²) in [5.41, 5.74) is 0.565. The molecular formula is C22H26F2N4O7. The molecule has 11 nitrogen and oxygen atoms in total. The summed E-state index contributed by atoms with van der Waals surface area (Å²) in [6.45, 7) is -1.80. The van der Waals surface area contributed by atoms with Gasteiger partial charge in [0, 0.05) is 19.4 Å². The third kappa shape index (κ3) is 6.22. The van der Waals surface area contributed by atoms with Crippen LogP contribution in [0, 0.1) is 0 Å². The van der Waals surface area contributed by atoms with Crippen LogP contribution in [0.15, 0.2) is 18.2 Å². The van der Waals surface area contributed by atoms with Crippen LogP contribution in [-0.4, -0.2) is 79.6 Å². The van der Waals surface area contributed by atoms with E-state index in [0.29, 0.717) is 22.0 Å². The maximum absolute atomic E-state index is 14.1. The molecule has 2 atom stereocenters. The number of ketones is 1. The number of Topliss-reactive ketones (excluding diaryl/α,β-unsaturated/α-hetero) is 1. The van der Waals surface area contributed by atoms with E-state index in [1.807, 2.05) is 0 Å². The lowest BCUT2D eigenvalue weighted by molar-refractivity contribution is -0.144. The molecule has 1 aromatic carbocycles. The Morgan fingerprint density at radius 1 is 1.14 bits per heavy atom. The number of hydrogen-bond acceptors (Lipinski definition) is 7. The van der Waals surface area contributed by atoms with E-state index in [1.54, 1.807) is 18.2 Å². The van der Waals surface area contributed by atoms with Gasteiger partial charge in [-0.2, -0.15) is 0 Å². The van der Waals surface area contributed by atoms with Crippen molar-refractivity contribution in [3.63, 3.8) is 0 Å². The van der Waals surface area contributed by atoms with Gasteiger partial charge in [0.1, 0.15) is 12.1 Å². The van der Waals surface area contributed by atoms with Gasteiger partial charge >= 0.3 is 0 Å².